The van der Waals surface area contributed by atoms with Crippen molar-refractivity contribution in [1.82, 2.24) is 14.0 Å². The lowest BCUT2D eigenvalue weighted by atomic mass is 10.1. The summed E-state index contributed by atoms with van der Waals surface area (Å²) in [4.78, 5) is 51.2. The lowest BCUT2D eigenvalue weighted by Crippen LogP contribution is -2.26. The summed E-state index contributed by atoms with van der Waals surface area (Å²) in [5.41, 5.74) is 6.15. The molecule has 4 rings (SSSR count). The van der Waals surface area contributed by atoms with Gasteiger partial charge in [-0.25, -0.2) is 14.4 Å². The maximum Gasteiger partial charge on any atom is 0.416 e. The first kappa shape index (κ1) is 34.1. The van der Waals surface area contributed by atoms with Crippen LogP contribution in [-0.2, 0) is 11.0 Å². The second-order valence-electron chi connectivity index (χ2n) is 10.6. The van der Waals surface area contributed by atoms with Gasteiger partial charge in [-0.05, 0) is 81.5 Å². The van der Waals surface area contributed by atoms with Crippen LogP contribution in [0, 0.1) is 0 Å². The molecule has 244 valence electrons. The molecule has 1 heterocycles. The summed E-state index contributed by atoms with van der Waals surface area (Å²) < 4.78 is 41.9. The summed E-state index contributed by atoms with van der Waals surface area (Å²) >= 11 is 0. The first-order valence-electron chi connectivity index (χ1n) is 14.1. The van der Waals surface area contributed by atoms with Crippen LogP contribution in [0.15, 0.2) is 99.7 Å². The normalized spacial score (nSPS) is 12.0. The molecule has 1 aromatic heterocycles. The predicted molar refractivity (Wildman–Crippen MR) is 178 cm³/mol. The summed E-state index contributed by atoms with van der Waals surface area (Å²) in [6.07, 6.45) is -1.36. The van der Waals surface area contributed by atoms with Crippen molar-refractivity contribution < 1.29 is 22.8 Å². The van der Waals surface area contributed by atoms with Crippen LogP contribution in [0.3, 0.4) is 0 Å². The number of imidazole rings is 1. The fraction of sp³-hybridized carbons (Fsp3) is 0.182. The van der Waals surface area contributed by atoms with Crippen molar-refractivity contribution in [3.8, 4) is 11.4 Å². The Morgan fingerprint density at radius 3 is 2.28 bits per heavy atom. The van der Waals surface area contributed by atoms with Crippen molar-refractivity contribution in [2.75, 3.05) is 45.0 Å². The number of hydrogen-bond donors (Lipinski definition) is 2. The number of nitrogens with two attached hydrogens (primary N) is 1. The molecule has 0 aliphatic rings. The summed E-state index contributed by atoms with van der Waals surface area (Å²) in [5.74, 6) is -0.863. The molecule has 3 N–H and O–H groups in total. The quantitative estimate of drug-likeness (QED) is 0.147. The molecule has 4 aromatic rings. The molecule has 0 fully saturated rings. The molecule has 0 aliphatic carbocycles. The Bertz CT molecular complexity index is 1920. The third-order valence-electron chi connectivity index (χ3n) is 7.04. The summed E-state index contributed by atoms with van der Waals surface area (Å²) in [7, 11) is 6.83. The van der Waals surface area contributed by atoms with Crippen LogP contribution in [-0.4, -0.2) is 73.1 Å². The largest absolute Gasteiger partial charge is 0.416 e. The van der Waals surface area contributed by atoms with E-state index in [9.17, 15) is 27.6 Å². The van der Waals surface area contributed by atoms with E-state index in [4.69, 9.17) is 5.73 Å². The van der Waals surface area contributed by atoms with E-state index in [1.807, 2.05) is 19.0 Å². The summed E-state index contributed by atoms with van der Waals surface area (Å²) in [6, 6.07) is 16.8. The zero-order chi connectivity index (χ0) is 34.5. The van der Waals surface area contributed by atoms with E-state index >= 15 is 0 Å². The molecule has 14 heteroatoms. The van der Waals surface area contributed by atoms with Crippen LogP contribution in [0.25, 0.3) is 11.4 Å². The minimum absolute atomic E-state index is 0.0240. The van der Waals surface area contributed by atoms with E-state index in [0.29, 0.717) is 23.6 Å². The minimum atomic E-state index is -4.57. The lowest BCUT2D eigenvalue weighted by molar-refractivity contribution is -0.137. The number of halogens is 3. The molecule has 0 spiro atoms. The van der Waals surface area contributed by atoms with Gasteiger partial charge in [-0.15, -0.1) is 0 Å². The molecular weight excluding hydrogens is 613 g/mol. The van der Waals surface area contributed by atoms with E-state index in [1.165, 1.54) is 63.6 Å². The lowest BCUT2D eigenvalue weighted by Gasteiger charge is -2.17. The van der Waals surface area contributed by atoms with Crippen molar-refractivity contribution in [3.63, 3.8) is 0 Å². The third kappa shape index (κ3) is 7.56. The van der Waals surface area contributed by atoms with Gasteiger partial charge in [0, 0.05) is 43.7 Å². The maximum absolute atomic E-state index is 14.0. The van der Waals surface area contributed by atoms with Crippen LogP contribution in [0.1, 0.15) is 21.6 Å². The fourth-order valence-corrected chi connectivity index (χ4v) is 4.63. The number of hydrogen-bond acceptors (Lipinski definition) is 6. The molecule has 11 nitrogen and oxygen atoms in total. The predicted octanol–water partition coefficient (Wildman–Crippen LogP) is 4.65. The molecule has 0 saturated heterocycles. The van der Waals surface area contributed by atoms with Gasteiger partial charge in [0.2, 0.25) is 5.91 Å². The topological polar surface area (TPSA) is 130 Å². The Morgan fingerprint density at radius 1 is 0.979 bits per heavy atom. The summed E-state index contributed by atoms with van der Waals surface area (Å²) in [5, 5.41) is 2.45. The molecule has 3 aromatic carbocycles. The molecular formula is C33H33F3N8O3. The first-order chi connectivity index (χ1) is 22.3. The number of aromatic nitrogens is 2. The number of nitrogens with one attached hydrogen (secondary N) is 1. The highest BCUT2D eigenvalue weighted by atomic mass is 19.4. The minimum Gasteiger partial charge on any atom is -0.382 e. The van der Waals surface area contributed by atoms with Crippen molar-refractivity contribution >= 4 is 41.6 Å². The van der Waals surface area contributed by atoms with Gasteiger partial charge in [0.05, 0.1) is 16.9 Å². The van der Waals surface area contributed by atoms with Gasteiger partial charge in [-0.2, -0.15) is 13.2 Å². The highest BCUT2D eigenvalue weighted by molar-refractivity contribution is 6.05. The molecule has 47 heavy (non-hydrogen) atoms. The Hall–Kier alpha value is -5.76. The van der Waals surface area contributed by atoms with Crippen LogP contribution < -0.4 is 21.6 Å². The third-order valence-corrected chi connectivity index (χ3v) is 7.04. The molecule has 0 saturated carbocycles. The van der Waals surface area contributed by atoms with Gasteiger partial charge in [0.1, 0.15) is 11.5 Å². The van der Waals surface area contributed by atoms with Gasteiger partial charge in [-0.3, -0.25) is 19.1 Å². The Balaban J connectivity index is 1.72. The average molecular weight is 647 g/mol. The van der Waals surface area contributed by atoms with Crippen molar-refractivity contribution in [3.05, 3.63) is 112 Å². The molecule has 0 bridgehead atoms. The van der Waals surface area contributed by atoms with Gasteiger partial charge in [-0.1, -0.05) is 18.2 Å². The number of nitrogens with zero attached hydrogens (tertiary/aromatic N) is 6. The zero-order valence-electron chi connectivity index (χ0n) is 26.1. The van der Waals surface area contributed by atoms with Crippen molar-refractivity contribution in [2.45, 2.75) is 6.18 Å². The van der Waals surface area contributed by atoms with Gasteiger partial charge in [0.15, 0.2) is 5.82 Å². The highest BCUT2D eigenvalue weighted by Gasteiger charge is 2.30. The SMILES string of the molecule is C=Nc1c(C(N)=NC)n(-c2ccc(C(=O)Nc3cccc(C(F)(F)F)c3)cc2)c(=O)n1-c1cccc(N(C)C(=O)C=CCN(C)C)c1. The van der Waals surface area contributed by atoms with Crippen LogP contribution in [0.4, 0.5) is 30.4 Å². The molecule has 0 aliphatic heterocycles. The second kappa shape index (κ2) is 14.1. The second-order valence-corrected chi connectivity index (χ2v) is 10.6. The standard InChI is InChI=1S/C33H33F3N8O3/c1-38-29(37)28-30(39-2)44(26-12-7-11-25(20-26)42(5)27(45)13-8-18-41(3)4)32(47)43(28)24-16-14-21(15-17-24)31(46)40-23-10-6-9-22(19-23)33(34,35)36/h6-17,19-20H,2,18H2,1,3-5H3,(H2,37,38)(H,40,46). The van der Waals surface area contributed by atoms with Crippen LogP contribution >= 0.6 is 0 Å². The number of amidine groups is 1. The smallest absolute Gasteiger partial charge is 0.382 e. The first-order valence-corrected chi connectivity index (χ1v) is 14.1. The van der Waals surface area contributed by atoms with E-state index < -0.39 is 23.3 Å². The molecule has 0 radical (unpaired) electrons. The Morgan fingerprint density at radius 2 is 1.66 bits per heavy atom. The number of benzene rings is 3. The molecule has 0 atom stereocenters. The zero-order valence-corrected chi connectivity index (χ0v) is 26.1. The highest BCUT2D eigenvalue weighted by Crippen LogP contribution is 2.31. The summed E-state index contributed by atoms with van der Waals surface area (Å²) in [6.45, 7) is 4.23. The number of carbonyl (C=O) groups is 2. The van der Waals surface area contributed by atoms with Crippen LogP contribution in [0.5, 0.6) is 0 Å². The Labute approximate surface area is 268 Å². The number of likely N-dealkylation sites (N-methyl/N-ethyl adjacent to an activating group) is 2. The number of anilines is 2. The van der Waals surface area contributed by atoms with Gasteiger partial charge < -0.3 is 20.9 Å². The maximum atomic E-state index is 14.0. The van der Waals surface area contributed by atoms with Crippen LogP contribution in [0.2, 0.25) is 0 Å². The number of rotatable bonds is 10. The average Bonchev–Trinajstić information content (AvgIpc) is 3.35. The number of aliphatic imine (C=N–C) groups is 2. The van der Waals surface area contributed by atoms with Crippen molar-refractivity contribution in [2.24, 2.45) is 15.7 Å². The molecule has 0 unspecified atom stereocenters. The van der Waals surface area contributed by atoms with Gasteiger partial charge in [0.25, 0.3) is 5.91 Å². The van der Waals surface area contributed by atoms with E-state index in [1.54, 1.807) is 37.4 Å². The van der Waals surface area contributed by atoms with E-state index in [0.717, 1.165) is 12.1 Å². The fourth-order valence-electron chi connectivity index (χ4n) is 4.63. The van der Waals surface area contributed by atoms with Crippen molar-refractivity contribution in [1.29, 1.82) is 0 Å². The van der Waals surface area contributed by atoms with Gasteiger partial charge >= 0.3 is 11.9 Å². The van der Waals surface area contributed by atoms with E-state index in [2.05, 4.69) is 22.0 Å². The number of alkyl halides is 3. The Kier molecular flexibility index (Phi) is 10.3. The number of amides is 2. The van der Waals surface area contributed by atoms with E-state index in [-0.39, 0.29) is 34.5 Å². The molecule has 2 amide bonds. The number of carbonyl (C=O) groups excluding carboxylic acids is 2. The monoisotopic (exact) mass is 646 g/mol.